The number of rotatable bonds is 3. The topological polar surface area (TPSA) is 70.0 Å². The van der Waals surface area contributed by atoms with Gasteiger partial charge >= 0.3 is 0 Å². The molecule has 1 N–H and O–H groups in total. The van der Waals surface area contributed by atoms with Crippen molar-refractivity contribution in [2.24, 2.45) is 4.99 Å². The molecule has 1 unspecified atom stereocenters. The Hall–Kier alpha value is -2.93. The standard InChI is InChI=1S/C21H18F2N2O3/c22-15-8-4-13(5-9-15)21(28,14-6-10-16(23)11-7-14)19-18(26)20(27)25-12-2-1-3-17(25)24-19/h4-11,19,28H,1-3,12H2. The lowest BCUT2D eigenvalue weighted by atomic mass is 9.77. The lowest BCUT2D eigenvalue weighted by Gasteiger charge is -2.40. The van der Waals surface area contributed by atoms with E-state index in [0.717, 1.165) is 37.1 Å². The molecule has 0 radical (unpaired) electrons. The summed E-state index contributed by atoms with van der Waals surface area (Å²) in [5.41, 5.74) is -1.65. The Morgan fingerprint density at radius 1 is 0.929 bits per heavy atom. The van der Waals surface area contributed by atoms with E-state index in [-0.39, 0.29) is 11.1 Å². The molecule has 0 aromatic heterocycles. The molecule has 1 atom stereocenters. The highest BCUT2D eigenvalue weighted by atomic mass is 19.1. The summed E-state index contributed by atoms with van der Waals surface area (Å²) in [4.78, 5) is 31.4. The summed E-state index contributed by atoms with van der Waals surface area (Å²) < 4.78 is 26.9. The summed E-state index contributed by atoms with van der Waals surface area (Å²) in [6.45, 7) is 0.418. The van der Waals surface area contributed by atoms with Gasteiger partial charge in [-0.2, -0.15) is 0 Å². The first-order valence-corrected chi connectivity index (χ1v) is 9.08. The fourth-order valence-corrected chi connectivity index (χ4v) is 3.80. The first-order valence-electron chi connectivity index (χ1n) is 9.08. The van der Waals surface area contributed by atoms with Gasteiger partial charge in [-0.3, -0.25) is 19.5 Å². The van der Waals surface area contributed by atoms with Crippen LogP contribution in [-0.4, -0.2) is 40.1 Å². The molecule has 0 saturated carbocycles. The Balaban J connectivity index is 1.90. The first kappa shape index (κ1) is 18.4. The summed E-state index contributed by atoms with van der Waals surface area (Å²) in [6.07, 6.45) is 2.14. The van der Waals surface area contributed by atoms with E-state index in [1.165, 1.54) is 29.2 Å². The van der Waals surface area contributed by atoms with Crippen molar-refractivity contribution in [1.82, 2.24) is 4.90 Å². The summed E-state index contributed by atoms with van der Waals surface area (Å²) in [5.74, 6) is -2.12. The second-order valence-electron chi connectivity index (χ2n) is 7.01. The number of aliphatic hydroxyl groups is 1. The third-order valence-electron chi connectivity index (χ3n) is 5.29. The SMILES string of the molecule is O=C1C(=O)N2CCCCC2=NC1C(O)(c1ccc(F)cc1)c1ccc(F)cc1. The third-order valence-corrected chi connectivity index (χ3v) is 5.29. The van der Waals surface area contributed by atoms with Gasteiger partial charge in [-0.25, -0.2) is 8.78 Å². The van der Waals surface area contributed by atoms with Crippen molar-refractivity contribution < 1.29 is 23.5 Å². The number of halogens is 2. The minimum atomic E-state index is -2.04. The minimum absolute atomic E-state index is 0.195. The average molecular weight is 384 g/mol. The van der Waals surface area contributed by atoms with Gasteiger partial charge in [0.05, 0.1) is 0 Å². The molecule has 1 fully saturated rings. The monoisotopic (exact) mass is 384 g/mol. The number of nitrogens with zero attached hydrogens (tertiary/aromatic N) is 2. The zero-order valence-corrected chi connectivity index (χ0v) is 14.9. The normalized spacial score (nSPS) is 20.0. The number of hydrogen-bond donors (Lipinski definition) is 1. The fraction of sp³-hybridized carbons (Fsp3) is 0.286. The molecule has 7 heteroatoms. The van der Waals surface area contributed by atoms with Gasteiger partial charge in [-0.15, -0.1) is 0 Å². The molecule has 2 aliphatic heterocycles. The number of amidine groups is 1. The lowest BCUT2D eigenvalue weighted by molar-refractivity contribution is -0.147. The maximum Gasteiger partial charge on any atom is 0.297 e. The van der Waals surface area contributed by atoms with Crippen LogP contribution in [0.1, 0.15) is 30.4 Å². The molecule has 28 heavy (non-hydrogen) atoms. The summed E-state index contributed by atoms with van der Waals surface area (Å²) in [5, 5.41) is 11.7. The van der Waals surface area contributed by atoms with Crippen molar-refractivity contribution in [2.75, 3.05) is 6.54 Å². The highest BCUT2D eigenvalue weighted by molar-refractivity contribution is 6.42. The van der Waals surface area contributed by atoms with Crippen LogP contribution >= 0.6 is 0 Å². The van der Waals surface area contributed by atoms with Crippen molar-refractivity contribution >= 4 is 17.5 Å². The lowest BCUT2D eigenvalue weighted by Crippen LogP contribution is -2.57. The highest BCUT2D eigenvalue weighted by Gasteiger charge is 2.50. The zero-order chi connectivity index (χ0) is 19.9. The van der Waals surface area contributed by atoms with Gasteiger partial charge in [0.2, 0.25) is 5.78 Å². The number of fused-ring (bicyclic) bond motifs is 1. The second-order valence-corrected chi connectivity index (χ2v) is 7.01. The largest absolute Gasteiger partial charge is 0.378 e. The maximum absolute atomic E-state index is 13.4. The number of amides is 1. The molecular weight excluding hydrogens is 366 g/mol. The summed E-state index contributed by atoms with van der Waals surface area (Å²) >= 11 is 0. The van der Waals surface area contributed by atoms with Crippen molar-refractivity contribution in [1.29, 1.82) is 0 Å². The number of benzene rings is 2. The molecule has 2 heterocycles. The van der Waals surface area contributed by atoms with E-state index in [0.29, 0.717) is 18.8 Å². The minimum Gasteiger partial charge on any atom is -0.378 e. The smallest absolute Gasteiger partial charge is 0.297 e. The Morgan fingerprint density at radius 3 is 2.00 bits per heavy atom. The second kappa shape index (κ2) is 6.91. The van der Waals surface area contributed by atoms with Crippen molar-refractivity contribution in [2.45, 2.75) is 30.9 Å². The van der Waals surface area contributed by atoms with Crippen LogP contribution in [0.2, 0.25) is 0 Å². The molecule has 2 aliphatic rings. The predicted molar refractivity (Wildman–Crippen MR) is 97.6 cm³/mol. The predicted octanol–water partition coefficient (Wildman–Crippen LogP) is 2.56. The number of carbonyl (C=O) groups excluding carboxylic acids is 2. The maximum atomic E-state index is 13.4. The summed E-state index contributed by atoms with van der Waals surface area (Å²) in [7, 11) is 0. The number of Topliss-reactive ketones (excluding diaryl/α,β-unsaturated/α-hetero) is 1. The first-order chi connectivity index (χ1) is 13.4. The van der Waals surface area contributed by atoms with Crippen molar-refractivity contribution in [3.05, 3.63) is 71.3 Å². The molecule has 144 valence electrons. The van der Waals surface area contributed by atoms with Crippen LogP contribution in [0.3, 0.4) is 0 Å². The summed E-state index contributed by atoms with van der Waals surface area (Å²) in [6, 6.07) is 8.53. The highest BCUT2D eigenvalue weighted by Crippen LogP contribution is 2.38. The zero-order valence-electron chi connectivity index (χ0n) is 14.9. The molecule has 4 rings (SSSR count). The molecule has 0 bridgehead atoms. The van der Waals surface area contributed by atoms with Crippen LogP contribution in [0.15, 0.2) is 53.5 Å². The van der Waals surface area contributed by atoms with Gasteiger partial charge in [-0.1, -0.05) is 24.3 Å². The van der Waals surface area contributed by atoms with E-state index < -0.39 is 35.0 Å². The molecule has 0 aliphatic carbocycles. The van der Waals surface area contributed by atoms with E-state index in [2.05, 4.69) is 4.99 Å². The van der Waals surface area contributed by atoms with Gasteiger partial charge in [0.25, 0.3) is 5.91 Å². The van der Waals surface area contributed by atoms with E-state index >= 15 is 0 Å². The van der Waals surface area contributed by atoms with Crippen LogP contribution in [0.25, 0.3) is 0 Å². The van der Waals surface area contributed by atoms with Crippen LogP contribution < -0.4 is 0 Å². The molecule has 2 aromatic rings. The quantitative estimate of drug-likeness (QED) is 0.827. The Morgan fingerprint density at radius 2 is 1.46 bits per heavy atom. The number of aliphatic imine (C=N–C) groups is 1. The van der Waals surface area contributed by atoms with Crippen molar-refractivity contribution in [3.63, 3.8) is 0 Å². The fourth-order valence-electron chi connectivity index (χ4n) is 3.80. The van der Waals surface area contributed by atoms with E-state index in [1.807, 2.05) is 0 Å². The van der Waals surface area contributed by atoms with Gasteiger partial charge in [0.1, 0.15) is 23.1 Å². The molecule has 2 aromatic carbocycles. The van der Waals surface area contributed by atoms with Crippen LogP contribution in [0, 0.1) is 11.6 Å². The van der Waals surface area contributed by atoms with Crippen LogP contribution in [0.4, 0.5) is 8.78 Å². The Bertz CT molecular complexity index is 909. The third kappa shape index (κ3) is 2.92. The molecule has 5 nitrogen and oxygen atoms in total. The number of piperidine rings is 1. The van der Waals surface area contributed by atoms with Crippen LogP contribution in [-0.2, 0) is 15.2 Å². The molecule has 1 saturated heterocycles. The van der Waals surface area contributed by atoms with Crippen LogP contribution in [0.5, 0.6) is 0 Å². The van der Waals surface area contributed by atoms with Gasteiger partial charge < -0.3 is 5.11 Å². The van der Waals surface area contributed by atoms with Crippen molar-refractivity contribution in [3.8, 4) is 0 Å². The Labute approximate surface area is 160 Å². The Kier molecular flexibility index (Phi) is 4.55. The van der Waals surface area contributed by atoms with E-state index in [9.17, 15) is 23.5 Å². The van der Waals surface area contributed by atoms with E-state index in [4.69, 9.17) is 0 Å². The number of ketones is 1. The average Bonchev–Trinajstić information content (AvgIpc) is 2.71. The van der Waals surface area contributed by atoms with Gasteiger partial charge in [0, 0.05) is 13.0 Å². The van der Waals surface area contributed by atoms with Gasteiger partial charge in [-0.05, 0) is 48.2 Å². The number of hydrogen-bond acceptors (Lipinski definition) is 4. The molecule has 1 amide bonds. The molecular formula is C21H18F2N2O3. The molecule has 0 spiro atoms. The van der Waals surface area contributed by atoms with Gasteiger partial charge in [0.15, 0.2) is 6.04 Å². The number of carbonyl (C=O) groups is 2. The van der Waals surface area contributed by atoms with E-state index in [1.54, 1.807) is 0 Å².